The van der Waals surface area contributed by atoms with Gasteiger partial charge in [-0.05, 0) is 84.2 Å². The van der Waals surface area contributed by atoms with Crippen LogP contribution in [-0.2, 0) is 6.54 Å². The third kappa shape index (κ3) is 5.53. The molecular formula is C28H34N4O3. The molecule has 2 aromatic carbocycles. The van der Waals surface area contributed by atoms with E-state index < -0.39 is 0 Å². The predicted octanol–water partition coefficient (Wildman–Crippen LogP) is 3.98. The zero-order valence-electron chi connectivity index (χ0n) is 20.6. The number of hydrogen-bond donors (Lipinski definition) is 5. The first-order valence-corrected chi connectivity index (χ1v) is 12.1. The number of nitrogens with zero attached hydrogens (tertiary/aromatic N) is 1. The number of aliphatic hydroxyl groups is 2. The van der Waals surface area contributed by atoms with Gasteiger partial charge in [0.15, 0.2) is 0 Å². The molecule has 3 aromatic rings. The van der Waals surface area contributed by atoms with E-state index in [0.29, 0.717) is 18.2 Å². The molecule has 4 rings (SSSR count). The second kappa shape index (κ2) is 11.0. The first-order valence-electron chi connectivity index (χ1n) is 12.1. The Morgan fingerprint density at radius 1 is 1.03 bits per heavy atom. The van der Waals surface area contributed by atoms with E-state index >= 15 is 0 Å². The summed E-state index contributed by atoms with van der Waals surface area (Å²) in [5, 5.41) is 28.1. The Labute approximate surface area is 206 Å². The molecule has 1 saturated carbocycles. The Balaban J connectivity index is 1.56. The molecule has 7 heteroatoms. The van der Waals surface area contributed by atoms with Gasteiger partial charge in [-0.25, -0.2) is 0 Å². The van der Waals surface area contributed by atoms with Gasteiger partial charge in [0.1, 0.15) is 5.69 Å². The van der Waals surface area contributed by atoms with E-state index in [4.69, 9.17) is 0 Å². The fourth-order valence-corrected chi connectivity index (χ4v) is 4.43. The SMILES string of the molecule is CNc1cccc(-c2cccc(NC(=O)c3cc(C4CC4)c(CNC(CO)CO)cn3)c2C)c1C. The molecule has 0 spiro atoms. The van der Waals surface area contributed by atoms with Crippen LogP contribution in [0.4, 0.5) is 11.4 Å². The fourth-order valence-electron chi connectivity index (χ4n) is 4.43. The minimum atomic E-state index is -0.377. The molecular weight excluding hydrogens is 440 g/mol. The van der Waals surface area contributed by atoms with Gasteiger partial charge in [0.25, 0.3) is 5.91 Å². The highest BCUT2D eigenvalue weighted by Crippen LogP contribution is 2.42. The van der Waals surface area contributed by atoms with Gasteiger partial charge in [0.2, 0.25) is 0 Å². The zero-order chi connectivity index (χ0) is 24.9. The highest BCUT2D eigenvalue weighted by atomic mass is 16.3. The van der Waals surface area contributed by atoms with Gasteiger partial charge in [-0.3, -0.25) is 9.78 Å². The van der Waals surface area contributed by atoms with Crippen molar-refractivity contribution < 1.29 is 15.0 Å². The van der Waals surface area contributed by atoms with Crippen molar-refractivity contribution in [1.29, 1.82) is 0 Å². The maximum absolute atomic E-state index is 13.2. The number of aromatic nitrogens is 1. The molecule has 7 nitrogen and oxygen atoms in total. The van der Waals surface area contributed by atoms with E-state index in [0.717, 1.165) is 57.6 Å². The molecule has 1 aliphatic rings. The van der Waals surface area contributed by atoms with E-state index in [2.05, 4.69) is 46.1 Å². The summed E-state index contributed by atoms with van der Waals surface area (Å²) in [5.74, 6) is 0.187. The summed E-state index contributed by atoms with van der Waals surface area (Å²) in [5.41, 5.74) is 8.68. The minimum Gasteiger partial charge on any atom is -0.395 e. The van der Waals surface area contributed by atoms with Crippen LogP contribution in [0.2, 0.25) is 0 Å². The van der Waals surface area contributed by atoms with Crippen LogP contribution >= 0.6 is 0 Å². The van der Waals surface area contributed by atoms with Crippen molar-refractivity contribution in [2.24, 2.45) is 0 Å². The lowest BCUT2D eigenvalue weighted by Gasteiger charge is -2.17. The quantitative estimate of drug-likeness (QED) is 0.304. The van der Waals surface area contributed by atoms with E-state index in [1.165, 1.54) is 0 Å². The first kappa shape index (κ1) is 24.9. The predicted molar refractivity (Wildman–Crippen MR) is 140 cm³/mol. The molecule has 0 bridgehead atoms. The third-order valence-electron chi connectivity index (χ3n) is 6.77. The molecule has 0 radical (unpaired) electrons. The summed E-state index contributed by atoms with van der Waals surface area (Å²) < 4.78 is 0. The highest BCUT2D eigenvalue weighted by Gasteiger charge is 2.27. The van der Waals surface area contributed by atoms with Crippen LogP contribution < -0.4 is 16.0 Å². The van der Waals surface area contributed by atoms with Gasteiger partial charge < -0.3 is 26.2 Å². The van der Waals surface area contributed by atoms with E-state index in [1.54, 1.807) is 6.20 Å². The topological polar surface area (TPSA) is 107 Å². The van der Waals surface area contributed by atoms with Gasteiger partial charge in [-0.1, -0.05) is 24.3 Å². The highest BCUT2D eigenvalue weighted by molar-refractivity contribution is 6.04. The molecule has 1 aliphatic carbocycles. The van der Waals surface area contributed by atoms with Crippen LogP contribution in [0.25, 0.3) is 11.1 Å². The van der Waals surface area contributed by atoms with Gasteiger partial charge >= 0.3 is 0 Å². The van der Waals surface area contributed by atoms with Crippen LogP contribution in [0.1, 0.15) is 51.5 Å². The molecule has 184 valence electrons. The minimum absolute atomic E-state index is 0.139. The molecule has 35 heavy (non-hydrogen) atoms. The van der Waals surface area contributed by atoms with Crippen LogP contribution in [0.3, 0.4) is 0 Å². The molecule has 0 atom stereocenters. The average molecular weight is 475 g/mol. The van der Waals surface area contributed by atoms with Crippen molar-refractivity contribution in [2.45, 2.75) is 45.2 Å². The standard InChI is InChI=1S/C28H34N4O3/c1-17-22(6-4-8-25(17)29-3)23-7-5-9-26(18(23)2)32-28(35)27-12-24(19-10-11-19)20(14-31-27)13-30-21(15-33)16-34/h4-9,12,14,19,21,29-30,33-34H,10-11,13,15-16H2,1-3H3,(H,32,35). The first-order chi connectivity index (χ1) is 17.0. The van der Waals surface area contributed by atoms with Gasteiger partial charge in [0.05, 0.1) is 19.3 Å². The lowest BCUT2D eigenvalue weighted by atomic mass is 9.94. The van der Waals surface area contributed by atoms with Gasteiger partial charge in [-0.15, -0.1) is 0 Å². The summed E-state index contributed by atoms with van der Waals surface area (Å²) in [6, 6.07) is 13.6. The summed E-state index contributed by atoms with van der Waals surface area (Å²) in [6.07, 6.45) is 3.92. The lowest BCUT2D eigenvalue weighted by molar-refractivity contribution is 0.102. The maximum atomic E-state index is 13.2. The summed E-state index contributed by atoms with van der Waals surface area (Å²) in [4.78, 5) is 17.6. The fraction of sp³-hybridized carbons (Fsp3) is 0.357. The second-order valence-electron chi connectivity index (χ2n) is 9.15. The number of carbonyl (C=O) groups is 1. The Morgan fingerprint density at radius 2 is 1.66 bits per heavy atom. The van der Waals surface area contributed by atoms with Crippen LogP contribution in [-0.4, -0.2) is 47.4 Å². The molecule has 0 aliphatic heterocycles. The number of hydrogen-bond acceptors (Lipinski definition) is 6. The number of nitrogens with one attached hydrogen (secondary N) is 3. The molecule has 1 aromatic heterocycles. The lowest BCUT2D eigenvalue weighted by Crippen LogP contribution is -2.35. The van der Waals surface area contributed by atoms with E-state index in [-0.39, 0.29) is 25.2 Å². The average Bonchev–Trinajstić information content (AvgIpc) is 3.72. The van der Waals surface area contributed by atoms with Crippen LogP contribution in [0, 0.1) is 13.8 Å². The Bertz CT molecular complexity index is 1200. The number of pyridine rings is 1. The monoisotopic (exact) mass is 474 g/mol. The summed E-state index contributed by atoms with van der Waals surface area (Å²) in [7, 11) is 1.91. The van der Waals surface area contributed by atoms with Crippen molar-refractivity contribution in [2.75, 3.05) is 30.9 Å². The number of rotatable bonds is 10. The molecule has 5 N–H and O–H groups in total. The number of anilines is 2. The molecule has 1 fully saturated rings. The van der Waals surface area contributed by atoms with Crippen molar-refractivity contribution in [1.82, 2.24) is 10.3 Å². The second-order valence-corrected chi connectivity index (χ2v) is 9.15. The Hall–Kier alpha value is -3.26. The number of carbonyl (C=O) groups excluding carboxylic acids is 1. The number of amides is 1. The van der Waals surface area contributed by atoms with Crippen molar-refractivity contribution in [3.63, 3.8) is 0 Å². The zero-order valence-corrected chi connectivity index (χ0v) is 20.6. The van der Waals surface area contributed by atoms with Gasteiger partial charge in [0, 0.05) is 31.2 Å². The summed E-state index contributed by atoms with van der Waals surface area (Å²) in [6.45, 7) is 4.32. The Kier molecular flexibility index (Phi) is 7.80. The summed E-state index contributed by atoms with van der Waals surface area (Å²) >= 11 is 0. The van der Waals surface area contributed by atoms with Crippen molar-refractivity contribution >= 4 is 17.3 Å². The number of benzene rings is 2. The molecule has 0 unspecified atom stereocenters. The molecule has 1 amide bonds. The van der Waals surface area contributed by atoms with Crippen LogP contribution in [0.5, 0.6) is 0 Å². The van der Waals surface area contributed by atoms with Gasteiger partial charge in [-0.2, -0.15) is 0 Å². The molecule has 1 heterocycles. The van der Waals surface area contributed by atoms with Crippen molar-refractivity contribution in [3.8, 4) is 11.1 Å². The van der Waals surface area contributed by atoms with E-state index in [1.807, 2.05) is 38.2 Å². The largest absolute Gasteiger partial charge is 0.395 e. The maximum Gasteiger partial charge on any atom is 0.274 e. The third-order valence-corrected chi connectivity index (χ3v) is 6.77. The number of aliphatic hydroxyl groups excluding tert-OH is 2. The normalized spacial score (nSPS) is 13.2. The Morgan fingerprint density at radius 3 is 2.26 bits per heavy atom. The smallest absolute Gasteiger partial charge is 0.274 e. The van der Waals surface area contributed by atoms with Crippen molar-refractivity contribution in [3.05, 3.63) is 76.6 Å². The molecule has 0 saturated heterocycles. The van der Waals surface area contributed by atoms with Crippen LogP contribution in [0.15, 0.2) is 48.7 Å². The van der Waals surface area contributed by atoms with E-state index in [9.17, 15) is 15.0 Å².